The Balaban J connectivity index is 2.38. The van der Waals surface area contributed by atoms with Gasteiger partial charge in [0.2, 0.25) is 0 Å². The molecule has 1 aliphatic rings. The summed E-state index contributed by atoms with van der Waals surface area (Å²) in [6, 6.07) is 0.356. The molecule has 0 atom stereocenters. The summed E-state index contributed by atoms with van der Waals surface area (Å²) in [5.74, 6) is 0. The van der Waals surface area contributed by atoms with Crippen LogP contribution in [0.1, 0.15) is 33.6 Å². The molecule has 0 unspecified atom stereocenters. The molecule has 1 amide bonds. The quantitative estimate of drug-likeness (QED) is 0.625. The van der Waals surface area contributed by atoms with Crippen LogP contribution in [0.2, 0.25) is 0 Å². The van der Waals surface area contributed by atoms with E-state index in [4.69, 9.17) is 4.74 Å². The van der Waals surface area contributed by atoms with Gasteiger partial charge in [-0.2, -0.15) is 0 Å². The Kier molecular flexibility index (Phi) is 2.84. The van der Waals surface area contributed by atoms with Crippen LogP contribution in [0.3, 0.4) is 0 Å². The van der Waals surface area contributed by atoms with E-state index < -0.39 is 5.60 Å². The fraction of sp³-hybridized carbons (Fsp3) is 0.800. The third kappa shape index (κ3) is 2.90. The summed E-state index contributed by atoms with van der Waals surface area (Å²) < 4.78 is 5.23. The van der Waals surface area contributed by atoms with E-state index in [0.717, 1.165) is 12.8 Å². The second-order valence-corrected chi connectivity index (χ2v) is 4.51. The van der Waals surface area contributed by atoms with Crippen LogP contribution < -0.4 is 0 Å². The van der Waals surface area contributed by atoms with Crippen molar-refractivity contribution in [3.63, 3.8) is 0 Å². The van der Waals surface area contributed by atoms with E-state index in [1.807, 2.05) is 20.8 Å². The van der Waals surface area contributed by atoms with Crippen LogP contribution in [0.15, 0.2) is 0 Å². The zero-order valence-electron chi connectivity index (χ0n) is 8.83. The van der Waals surface area contributed by atoms with Crippen molar-refractivity contribution >= 4 is 6.09 Å². The van der Waals surface area contributed by atoms with Crippen molar-refractivity contribution in [1.82, 2.24) is 4.90 Å². The number of carbonyl (C=O) groups excluding carboxylic acids is 1. The lowest BCUT2D eigenvalue weighted by molar-refractivity contribution is 0.0185. The van der Waals surface area contributed by atoms with Gasteiger partial charge in [0.1, 0.15) is 5.60 Å². The molecule has 0 spiro atoms. The average Bonchev–Trinajstić information content (AvgIpc) is 1.78. The average molecular weight is 184 g/mol. The van der Waals surface area contributed by atoms with Gasteiger partial charge in [-0.15, -0.1) is 0 Å². The molecule has 0 heterocycles. The molecule has 1 aliphatic carbocycles. The van der Waals surface area contributed by atoms with Crippen molar-refractivity contribution in [2.24, 2.45) is 0 Å². The molecule has 0 aromatic heterocycles. The molecule has 0 bridgehead atoms. The van der Waals surface area contributed by atoms with E-state index in [9.17, 15) is 4.79 Å². The predicted molar refractivity (Wildman–Crippen MR) is 51.3 cm³/mol. The van der Waals surface area contributed by atoms with Crippen molar-refractivity contribution in [2.45, 2.75) is 45.3 Å². The number of amides is 1. The fourth-order valence-electron chi connectivity index (χ4n) is 1.11. The van der Waals surface area contributed by atoms with Crippen LogP contribution in [0.4, 0.5) is 4.79 Å². The molecule has 3 heteroatoms. The first-order chi connectivity index (χ1) is 5.90. The number of carbonyl (C=O) groups is 1. The molecule has 0 aromatic carbocycles. The summed E-state index contributed by atoms with van der Waals surface area (Å²) in [5, 5.41) is 0. The van der Waals surface area contributed by atoms with Crippen LogP contribution in [0, 0.1) is 6.42 Å². The second-order valence-electron chi connectivity index (χ2n) is 4.51. The van der Waals surface area contributed by atoms with Crippen molar-refractivity contribution in [3.05, 3.63) is 6.42 Å². The maximum absolute atomic E-state index is 11.5. The van der Waals surface area contributed by atoms with E-state index in [2.05, 4.69) is 6.42 Å². The molecule has 13 heavy (non-hydrogen) atoms. The number of hydrogen-bond donors (Lipinski definition) is 0. The highest BCUT2D eigenvalue weighted by molar-refractivity contribution is 5.68. The van der Waals surface area contributed by atoms with Crippen LogP contribution in [0.5, 0.6) is 0 Å². The molecular weight excluding hydrogens is 166 g/mol. The van der Waals surface area contributed by atoms with Crippen LogP contribution in [-0.2, 0) is 4.74 Å². The van der Waals surface area contributed by atoms with Crippen LogP contribution >= 0.6 is 0 Å². The van der Waals surface area contributed by atoms with Crippen molar-refractivity contribution in [1.29, 1.82) is 0 Å². The summed E-state index contributed by atoms with van der Waals surface area (Å²) in [6.45, 7) is 5.64. The van der Waals surface area contributed by atoms with Crippen LogP contribution in [0.25, 0.3) is 0 Å². The molecule has 0 N–H and O–H groups in total. The predicted octanol–water partition coefficient (Wildman–Crippen LogP) is 2.22. The van der Waals surface area contributed by atoms with Crippen molar-refractivity contribution in [2.75, 3.05) is 7.05 Å². The van der Waals surface area contributed by atoms with Gasteiger partial charge in [-0.3, -0.25) is 0 Å². The largest absolute Gasteiger partial charge is 0.444 e. The number of nitrogens with zero attached hydrogens (tertiary/aromatic N) is 1. The van der Waals surface area contributed by atoms with Gasteiger partial charge in [-0.05, 0) is 40.0 Å². The Bertz CT molecular complexity index is 192. The molecular formula is C10H18NO2. The van der Waals surface area contributed by atoms with Gasteiger partial charge in [0.15, 0.2) is 0 Å². The molecule has 75 valence electrons. The molecule has 1 saturated carbocycles. The Morgan fingerprint density at radius 3 is 2.31 bits per heavy atom. The third-order valence-electron chi connectivity index (χ3n) is 2.11. The SMILES string of the molecule is CN(C(=O)OC(C)(C)C)C1C[CH]C1. The maximum Gasteiger partial charge on any atom is 0.410 e. The molecule has 0 aliphatic heterocycles. The molecule has 1 radical (unpaired) electrons. The fourth-order valence-corrected chi connectivity index (χ4v) is 1.11. The summed E-state index contributed by atoms with van der Waals surface area (Å²) in [6.07, 6.45) is 3.95. The lowest BCUT2D eigenvalue weighted by Crippen LogP contribution is -2.44. The number of hydrogen-bond acceptors (Lipinski definition) is 2. The highest BCUT2D eigenvalue weighted by atomic mass is 16.6. The first kappa shape index (κ1) is 10.4. The molecule has 3 nitrogen and oxygen atoms in total. The van der Waals surface area contributed by atoms with Crippen molar-refractivity contribution in [3.8, 4) is 0 Å². The minimum Gasteiger partial charge on any atom is -0.444 e. The number of rotatable bonds is 1. The highest BCUT2D eigenvalue weighted by Gasteiger charge is 2.28. The Hall–Kier alpha value is -0.730. The monoisotopic (exact) mass is 184 g/mol. The maximum atomic E-state index is 11.5. The minimum absolute atomic E-state index is 0.217. The minimum atomic E-state index is -0.390. The summed E-state index contributed by atoms with van der Waals surface area (Å²) in [7, 11) is 1.80. The van der Waals surface area contributed by atoms with Gasteiger partial charge >= 0.3 is 6.09 Å². The molecule has 0 saturated heterocycles. The normalized spacial score (nSPS) is 17.8. The topological polar surface area (TPSA) is 29.5 Å². The van der Waals surface area contributed by atoms with Gasteiger partial charge < -0.3 is 9.64 Å². The lowest BCUT2D eigenvalue weighted by atomic mass is 9.92. The zero-order valence-corrected chi connectivity index (χ0v) is 8.83. The standard InChI is InChI=1S/C10H18NO2/c1-10(2,3)13-9(12)11(4)8-6-5-7-8/h5,8H,6-7H2,1-4H3. The lowest BCUT2D eigenvalue weighted by Gasteiger charge is -2.35. The van der Waals surface area contributed by atoms with Gasteiger partial charge in [0, 0.05) is 13.1 Å². The van der Waals surface area contributed by atoms with E-state index in [1.54, 1.807) is 11.9 Å². The van der Waals surface area contributed by atoms with Gasteiger partial charge in [-0.25, -0.2) is 4.79 Å². The van der Waals surface area contributed by atoms with E-state index in [0.29, 0.717) is 6.04 Å². The smallest absolute Gasteiger partial charge is 0.410 e. The van der Waals surface area contributed by atoms with E-state index >= 15 is 0 Å². The van der Waals surface area contributed by atoms with Crippen LogP contribution in [-0.4, -0.2) is 29.7 Å². The Labute approximate surface area is 80.1 Å². The van der Waals surface area contributed by atoms with Crippen molar-refractivity contribution < 1.29 is 9.53 Å². The van der Waals surface area contributed by atoms with Gasteiger partial charge in [-0.1, -0.05) is 0 Å². The Morgan fingerprint density at radius 2 is 2.00 bits per heavy atom. The van der Waals surface area contributed by atoms with E-state index in [1.165, 1.54) is 0 Å². The molecule has 1 rings (SSSR count). The Morgan fingerprint density at radius 1 is 1.46 bits per heavy atom. The van der Waals surface area contributed by atoms with Gasteiger partial charge in [0.05, 0.1) is 0 Å². The third-order valence-corrected chi connectivity index (χ3v) is 2.11. The first-order valence-corrected chi connectivity index (χ1v) is 4.67. The first-order valence-electron chi connectivity index (χ1n) is 4.67. The number of ether oxygens (including phenoxy) is 1. The zero-order chi connectivity index (χ0) is 10.1. The highest BCUT2D eigenvalue weighted by Crippen LogP contribution is 2.23. The molecule has 0 aromatic rings. The summed E-state index contributed by atoms with van der Waals surface area (Å²) >= 11 is 0. The second kappa shape index (κ2) is 3.56. The van der Waals surface area contributed by atoms with Gasteiger partial charge in [0.25, 0.3) is 0 Å². The summed E-state index contributed by atoms with van der Waals surface area (Å²) in [4.78, 5) is 13.2. The van der Waals surface area contributed by atoms with E-state index in [-0.39, 0.29) is 6.09 Å². The summed E-state index contributed by atoms with van der Waals surface area (Å²) in [5.41, 5.74) is -0.390. The molecule has 1 fully saturated rings.